The molecule has 0 bridgehead atoms. The lowest BCUT2D eigenvalue weighted by molar-refractivity contribution is 0.658. The van der Waals surface area contributed by atoms with Gasteiger partial charge >= 0.3 is 0 Å². The second-order valence-electron chi connectivity index (χ2n) is 12.0. The molecule has 0 aliphatic carbocycles. The first kappa shape index (κ1) is 25.9. The molecule has 3 heterocycles. The van der Waals surface area contributed by atoms with E-state index in [4.69, 9.17) is 8.83 Å². The molecule has 47 heavy (non-hydrogen) atoms. The van der Waals surface area contributed by atoms with Crippen LogP contribution in [0.3, 0.4) is 0 Å². The molecule has 220 valence electrons. The fourth-order valence-electron chi connectivity index (χ4n) is 7.09. The summed E-state index contributed by atoms with van der Waals surface area (Å²) in [5.41, 5.74) is 8.78. The van der Waals surface area contributed by atoms with Gasteiger partial charge in [0, 0.05) is 50.2 Å². The lowest BCUT2D eigenvalue weighted by Gasteiger charge is -2.26. The molecule has 10 aromatic rings. The zero-order valence-electron chi connectivity index (χ0n) is 25.2. The fourth-order valence-corrected chi connectivity index (χ4v) is 7.09. The van der Waals surface area contributed by atoms with Crippen molar-refractivity contribution in [3.05, 3.63) is 158 Å². The average molecular weight is 603 g/mol. The number of rotatable bonds is 4. The zero-order chi connectivity index (χ0) is 30.9. The molecular formula is C43H26N2O2. The van der Waals surface area contributed by atoms with Crippen molar-refractivity contribution in [2.24, 2.45) is 0 Å². The molecule has 0 saturated carbocycles. The monoisotopic (exact) mass is 602 g/mol. The Kier molecular flexibility index (Phi) is 5.54. The fraction of sp³-hybridized carbons (Fsp3) is 0. The highest BCUT2D eigenvalue weighted by Gasteiger charge is 2.19. The van der Waals surface area contributed by atoms with Gasteiger partial charge in [0.2, 0.25) is 5.71 Å². The SMILES string of the molecule is c1ccc(-c2cccc(N(c3ccc4oc5ccccc5c4c3)c3ccc4ccc5ccc6c7cccnc7oc6c5c4c3)c2)cc1. The number of nitrogens with zero attached hydrogens (tertiary/aromatic N) is 2. The summed E-state index contributed by atoms with van der Waals surface area (Å²) in [5.74, 6) is 0. The normalized spacial score (nSPS) is 11.8. The Labute approximate surface area is 269 Å². The van der Waals surface area contributed by atoms with E-state index in [9.17, 15) is 0 Å². The number of benzene rings is 7. The molecule has 0 atom stereocenters. The Morgan fingerprint density at radius 1 is 0.426 bits per heavy atom. The van der Waals surface area contributed by atoms with Crippen LogP contribution in [-0.4, -0.2) is 4.98 Å². The van der Waals surface area contributed by atoms with E-state index in [0.717, 1.165) is 82.5 Å². The van der Waals surface area contributed by atoms with E-state index >= 15 is 0 Å². The first-order valence-corrected chi connectivity index (χ1v) is 15.8. The molecular weight excluding hydrogens is 576 g/mol. The first-order chi connectivity index (χ1) is 23.3. The van der Waals surface area contributed by atoms with Crippen molar-refractivity contribution in [3.63, 3.8) is 0 Å². The van der Waals surface area contributed by atoms with Gasteiger partial charge in [0.25, 0.3) is 0 Å². The summed E-state index contributed by atoms with van der Waals surface area (Å²) in [6.07, 6.45) is 1.78. The van der Waals surface area contributed by atoms with Crippen LogP contribution in [0.1, 0.15) is 0 Å². The Balaban J connectivity index is 1.25. The summed E-state index contributed by atoms with van der Waals surface area (Å²) in [5, 5.41) is 8.79. The highest BCUT2D eigenvalue weighted by molar-refractivity contribution is 6.23. The van der Waals surface area contributed by atoms with Crippen molar-refractivity contribution in [2.45, 2.75) is 0 Å². The molecule has 4 heteroatoms. The summed E-state index contributed by atoms with van der Waals surface area (Å²) >= 11 is 0. The molecule has 0 saturated heterocycles. The van der Waals surface area contributed by atoms with Crippen molar-refractivity contribution in [1.29, 1.82) is 0 Å². The Bertz CT molecular complexity index is 2810. The second-order valence-corrected chi connectivity index (χ2v) is 12.0. The highest BCUT2D eigenvalue weighted by Crippen LogP contribution is 2.43. The second kappa shape index (κ2) is 10.1. The van der Waals surface area contributed by atoms with Crippen LogP contribution in [0.25, 0.3) is 76.7 Å². The molecule has 10 rings (SSSR count). The number of aromatic nitrogens is 1. The predicted molar refractivity (Wildman–Crippen MR) is 194 cm³/mol. The molecule has 0 unspecified atom stereocenters. The van der Waals surface area contributed by atoms with E-state index in [1.54, 1.807) is 6.20 Å². The third-order valence-corrected chi connectivity index (χ3v) is 9.29. The van der Waals surface area contributed by atoms with Crippen molar-refractivity contribution < 1.29 is 8.83 Å². The molecule has 0 aliphatic rings. The van der Waals surface area contributed by atoms with E-state index in [1.807, 2.05) is 18.2 Å². The van der Waals surface area contributed by atoms with Gasteiger partial charge < -0.3 is 13.7 Å². The summed E-state index contributed by atoms with van der Waals surface area (Å²) in [6.45, 7) is 0. The minimum Gasteiger partial charge on any atom is -0.456 e. The summed E-state index contributed by atoms with van der Waals surface area (Å²) in [7, 11) is 0. The molecule has 7 aromatic carbocycles. The largest absolute Gasteiger partial charge is 0.456 e. The van der Waals surface area contributed by atoms with Crippen molar-refractivity contribution in [2.75, 3.05) is 4.90 Å². The highest BCUT2D eigenvalue weighted by atomic mass is 16.3. The summed E-state index contributed by atoms with van der Waals surface area (Å²) < 4.78 is 12.7. The third kappa shape index (κ3) is 4.05. The minimum atomic E-state index is 0.656. The number of anilines is 3. The standard InChI is InChI=1S/C43H26N2O2/c1-2-8-27(9-3-1)30-10-6-11-31(24-30)45(33-20-22-40-38(26-33)34-12-4-5-14-39(34)46-40)32-19-17-28-15-16-29-18-21-35-36-13-7-23-44-43(36)47-42(35)41(29)37(28)25-32/h1-26H. The molecule has 0 aliphatic heterocycles. The number of hydrogen-bond donors (Lipinski definition) is 0. The Hall–Kier alpha value is -6.39. The van der Waals surface area contributed by atoms with Crippen LogP contribution in [-0.2, 0) is 0 Å². The minimum absolute atomic E-state index is 0.656. The average Bonchev–Trinajstić information content (AvgIpc) is 3.70. The number of hydrogen-bond acceptors (Lipinski definition) is 4. The van der Waals surface area contributed by atoms with Gasteiger partial charge in [-0.2, -0.15) is 0 Å². The predicted octanol–water partition coefficient (Wildman–Crippen LogP) is 12.3. The molecule has 3 aromatic heterocycles. The van der Waals surface area contributed by atoms with Gasteiger partial charge in [0.1, 0.15) is 16.7 Å². The number of pyridine rings is 1. The van der Waals surface area contributed by atoms with E-state index in [1.165, 1.54) is 5.56 Å². The smallest absolute Gasteiger partial charge is 0.227 e. The van der Waals surface area contributed by atoms with Crippen molar-refractivity contribution >= 4 is 82.6 Å². The topological polar surface area (TPSA) is 42.4 Å². The molecule has 0 N–H and O–H groups in total. The van der Waals surface area contributed by atoms with E-state index < -0.39 is 0 Å². The van der Waals surface area contributed by atoms with Gasteiger partial charge in [0.15, 0.2) is 0 Å². The maximum atomic E-state index is 6.45. The van der Waals surface area contributed by atoms with Crippen LogP contribution in [0.5, 0.6) is 0 Å². The molecule has 0 amide bonds. The lowest BCUT2D eigenvalue weighted by Crippen LogP contribution is -2.10. The Morgan fingerprint density at radius 3 is 2.06 bits per heavy atom. The maximum Gasteiger partial charge on any atom is 0.227 e. The van der Waals surface area contributed by atoms with Crippen LogP contribution in [0.4, 0.5) is 17.1 Å². The first-order valence-electron chi connectivity index (χ1n) is 15.8. The van der Waals surface area contributed by atoms with Crippen LogP contribution in [0.2, 0.25) is 0 Å². The van der Waals surface area contributed by atoms with Gasteiger partial charge in [-0.15, -0.1) is 0 Å². The van der Waals surface area contributed by atoms with Crippen molar-refractivity contribution in [1.82, 2.24) is 4.98 Å². The van der Waals surface area contributed by atoms with Crippen LogP contribution in [0, 0.1) is 0 Å². The van der Waals surface area contributed by atoms with Crippen LogP contribution in [0.15, 0.2) is 167 Å². The number of furan rings is 2. The van der Waals surface area contributed by atoms with E-state index in [-0.39, 0.29) is 0 Å². The van der Waals surface area contributed by atoms with Gasteiger partial charge in [-0.3, -0.25) is 0 Å². The van der Waals surface area contributed by atoms with Gasteiger partial charge in [-0.25, -0.2) is 4.98 Å². The molecule has 4 nitrogen and oxygen atoms in total. The van der Waals surface area contributed by atoms with Gasteiger partial charge in [-0.1, -0.05) is 84.9 Å². The third-order valence-electron chi connectivity index (χ3n) is 9.29. The van der Waals surface area contributed by atoms with E-state index in [0.29, 0.717) is 5.71 Å². The van der Waals surface area contributed by atoms with Crippen LogP contribution >= 0.6 is 0 Å². The van der Waals surface area contributed by atoms with E-state index in [2.05, 4.69) is 143 Å². The lowest BCUT2D eigenvalue weighted by atomic mass is 9.98. The van der Waals surface area contributed by atoms with Crippen LogP contribution < -0.4 is 4.90 Å². The molecule has 0 spiro atoms. The Morgan fingerprint density at radius 2 is 1.13 bits per heavy atom. The summed E-state index contributed by atoms with van der Waals surface area (Å²) in [6, 6.07) is 53.5. The van der Waals surface area contributed by atoms with Gasteiger partial charge in [-0.05, 0) is 94.0 Å². The number of para-hydroxylation sites is 1. The quantitative estimate of drug-likeness (QED) is 0.188. The molecule has 0 fully saturated rings. The van der Waals surface area contributed by atoms with Crippen molar-refractivity contribution in [3.8, 4) is 11.1 Å². The molecule has 0 radical (unpaired) electrons. The van der Waals surface area contributed by atoms with Gasteiger partial charge in [0.05, 0.1) is 0 Å². The summed E-state index contributed by atoms with van der Waals surface area (Å²) in [4.78, 5) is 6.86. The zero-order valence-corrected chi connectivity index (χ0v) is 25.2. The number of fused-ring (bicyclic) bond motifs is 10. The maximum absolute atomic E-state index is 6.45.